The Hall–Kier alpha value is -3.86. The molecule has 1 amide bonds. The van der Waals surface area contributed by atoms with Crippen molar-refractivity contribution >= 4 is 38.2 Å². The lowest BCUT2D eigenvalue weighted by Gasteiger charge is -2.30. The fraction of sp³-hybridized carbons (Fsp3) is 0.346. The van der Waals surface area contributed by atoms with E-state index in [0.717, 1.165) is 41.4 Å². The van der Waals surface area contributed by atoms with Crippen LogP contribution in [0.15, 0.2) is 60.0 Å². The minimum absolute atomic E-state index is 0.0813. The van der Waals surface area contributed by atoms with Gasteiger partial charge >= 0.3 is 6.09 Å². The molecule has 2 aromatic heterocycles. The second kappa shape index (κ2) is 9.89. The molecule has 1 fully saturated rings. The van der Waals surface area contributed by atoms with E-state index in [1.54, 1.807) is 44.2 Å². The Morgan fingerprint density at radius 1 is 1.19 bits per heavy atom. The van der Waals surface area contributed by atoms with Gasteiger partial charge in [-0.05, 0) is 63.4 Å². The van der Waals surface area contributed by atoms with Crippen molar-refractivity contribution < 1.29 is 17.9 Å². The van der Waals surface area contributed by atoms with Gasteiger partial charge in [0.05, 0.1) is 40.2 Å². The number of benzene rings is 2. The zero-order valence-electron chi connectivity index (χ0n) is 20.8. The number of carbonyl (C=O) groups excluding carboxylic acids is 1. The average molecular weight is 523 g/mol. The fourth-order valence-corrected chi connectivity index (χ4v) is 5.81. The van der Waals surface area contributed by atoms with Crippen LogP contribution in [0, 0.1) is 0 Å². The number of aryl methyl sites for hydroxylation is 1. The molecule has 2 heterocycles. The average Bonchev–Trinajstić information content (AvgIpc) is 3.44. The highest BCUT2D eigenvalue weighted by Crippen LogP contribution is 2.44. The zero-order valence-corrected chi connectivity index (χ0v) is 21.6. The van der Waals surface area contributed by atoms with Crippen molar-refractivity contribution in [2.45, 2.75) is 56.7 Å². The highest BCUT2D eigenvalue weighted by Gasteiger charge is 2.28. The van der Waals surface area contributed by atoms with Crippen molar-refractivity contribution in [3.05, 3.63) is 55.1 Å². The first-order valence-electron chi connectivity index (χ1n) is 12.3. The summed E-state index contributed by atoms with van der Waals surface area (Å²) >= 11 is 0. The molecule has 0 bridgehead atoms. The van der Waals surface area contributed by atoms with E-state index in [0.29, 0.717) is 11.4 Å². The molecule has 0 spiro atoms. The van der Waals surface area contributed by atoms with Crippen molar-refractivity contribution in [3.8, 4) is 11.3 Å². The number of nitrogens with one attached hydrogen (secondary N) is 1. The maximum atomic E-state index is 13.1. The molecular weight excluding hydrogens is 492 g/mol. The second-order valence-electron chi connectivity index (χ2n) is 9.53. The van der Waals surface area contributed by atoms with Crippen LogP contribution in [-0.2, 0) is 21.1 Å². The van der Waals surface area contributed by atoms with Gasteiger partial charge in [-0.1, -0.05) is 12.1 Å². The molecular formula is C26H30N6O4S. The Morgan fingerprint density at radius 3 is 2.57 bits per heavy atom. The van der Waals surface area contributed by atoms with Crippen molar-refractivity contribution in [1.29, 1.82) is 0 Å². The van der Waals surface area contributed by atoms with E-state index in [2.05, 4.69) is 20.0 Å². The summed E-state index contributed by atoms with van der Waals surface area (Å²) in [5.41, 5.74) is 10.4. The second-order valence-corrected chi connectivity index (χ2v) is 11.6. The maximum Gasteiger partial charge on any atom is 0.411 e. The number of rotatable bonds is 8. The van der Waals surface area contributed by atoms with Crippen LogP contribution in [0.3, 0.4) is 0 Å². The Kier molecular flexibility index (Phi) is 6.63. The van der Waals surface area contributed by atoms with Gasteiger partial charge in [-0.2, -0.15) is 5.10 Å². The predicted molar refractivity (Wildman–Crippen MR) is 142 cm³/mol. The molecule has 37 heavy (non-hydrogen) atoms. The summed E-state index contributed by atoms with van der Waals surface area (Å²) in [6.45, 7) is 3.80. The summed E-state index contributed by atoms with van der Waals surface area (Å²) < 4.78 is 35.1. The lowest BCUT2D eigenvalue weighted by Crippen LogP contribution is -2.18. The Morgan fingerprint density at radius 2 is 1.95 bits per heavy atom. The molecule has 5 rings (SSSR count). The summed E-state index contributed by atoms with van der Waals surface area (Å²) in [7, 11) is -3.55. The normalized spacial score (nSPS) is 14.1. The van der Waals surface area contributed by atoms with Crippen molar-refractivity contribution in [2.24, 2.45) is 0 Å². The zero-order chi connectivity index (χ0) is 26.2. The van der Waals surface area contributed by atoms with E-state index in [4.69, 9.17) is 10.5 Å². The first kappa shape index (κ1) is 24.8. The highest BCUT2D eigenvalue weighted by molar-refractivity contribution is 7.91. The van der Waals surface area contributed by atoms with Gasteiger partial charge in [0.1, 0.15) is 12.7 Å². The van der Waals surface area contributed by atoms with Crippen LogP contribution in [0.1, 0.15) is 39.2 Å². The molecule has 0 saturated heterocycles. The fourth-order valence-electron chi connectivity index (χ4n) is 4.58. The van der Waals surface area contributed by atoms with Crippen LogP contribution in [0.25, 0.3) is 22.2 Å². The van der Waals surface area contributed by atoms with Crippen LogP contribution >= 0.6 is 0 Å². The summed E-state index contributed by atoms with van der Waals surface area (Å²) in [4.78, 5) is 16.1. The van der Waals surface area contributed by atoms with Gasteiger partial charge in [0.25, 0.3) is 0 Å². The number of fused-ring (bicyclic) bond motifs is 1. The monoisotopic (exact) mass is 522 g/mol. The Balaban J connectivity index is 1.50. The number of ether oxygens (including phenoxy) is 1. The number of hydrogen-bond donors (Lipinski definition) is 2. The van der Waals surface area contributed by atoms with Gasteiger partial charge in [-0.25, -0.2) is 18.2 Å². The third-order valence-corrected chi connectivity index (χ3v) is 8.31. The summed E-state index contributed by atoms with van der Waals surface area (Å²) in [6, 6.07) is 12.8. The van der Waals surface area contributed by atoms with Gasteiger partial charge in [-0.3, -0.25) is 10.00 Å². The molecule has 10 nitrogen and oxygen atoms in total. The number of nitrogens with zero attached hydrogens (tertiary/aromatic N) is 4. The summed E-state index contributed by atoms with van der Waals surface area (Å²) in [6.07, 6.45) is 5.27. The first-order valence-corrected chi connectivity index (χ1v) is 13.9. The third-order valence-electron chi connectivity index (χ3n) is 6.62. The van der Waals surface area contributed by atoms with Gasteiger partial charge in [0.15, 0.2) is 9.84 Å². The molecule has 0 atom stereocenters. The lowest BCUT2D eigenvalue weighted by atomic mass is 9.92. The topological polar surface area (TPSA) is 134 Å². The van der Waals surface area contributed by atoms with E-state index < -0.39 is 15.9 Å². The number of anilines is 2. The maximum absolute atomic E-state index is 13.1. The molecule has 0 unspecified atom stereocenters. The number of amides is 1. The molecule has 1 aliphatic carbocycles. The summed E-state index contributed by atoms with van der Waals surface area (Å²) in [5, 5.41) is 7.53. The molecule has 1 saturated carbocycles. The molecule has 0 radical (unpaired) electrons. The van der Waals surface area contributed by atoms with Crippen LogP contribution in [0.5, 0.6) is 0 Å². The molecule has 2 aromatic carbocycles. The van der Waals surface area contributed by atoms with Crippen molar-refractivity contribution in [3.63, 3.8) is 0 Å². The van der Waals surface area contributed by atoms with Crippen molar-refractivity contribution in [2.75, 3.05) is 16.8 Å². The molecule has 4 aromatic rings. The van der Waals surface area contributed by atoms with E-state index in [9.17, 15) is 13.2 Å². The summed E-state index contributed by atoms with van der Waals surface area (Å²) in [5.74, 6) is -0.0813. The number of hydrogen-bond acceptors (Lipinski definition) is 7. The standard InChI is InChI=1S/C26H30N6O4S/c1-17(2)36-26(33)30-19-8-6-18(7-9-19)25-24(27)22-11-10-21(14-23(22)32(25)20-4-3-5-20)37(34,35)13-12-31-16-28-15-29-31/h6-11,14-17,20H,3-5,12-13,27H2,1-2H3,(H,30,33). The Labute approximate surface area is 215 Å². The van der Waals surface area contributed by atoms with Crippen LogP contribution in [0.4, 0.5) is 16.2 Å². The minimum Gasteiger partial charge on any atom is -0.447 e. The molecule has 194 valence electrons. The molecule has 11 heteroatoms. The van der Waals surface area contributed by atoms with E-state index in [1.165, 1.54) is 17.3 Å². The van der Waals surface area contributed by atoms with Crippen LogP contribution in [0.2, 0.25) is 0 Å². The van der Waals surface area contributed by atoms with E-state index >= 15 is 0 Å². The van der Waals surface area contributed by atoms with Crippen LogP contribution < -0.4 is 11.1 Å². The van der Waals surface area contributed by atoms with Gasteiger partial charge in [-0.15, -0.1) is 0 Å². The molecule has 1 aliphatic rings. The molecule has 3 N–H and O–H groups in total. The highest BCUT2D eigenvalue weighted by atomic mass is 32.2. The number of nitrogens with two attached hydrogens (primary N) is 1. The van der Waals surface area contributed by atoms with Crippen molar-refractivity contribution in [1.82, 2.24) is 19.3 Å². The number of sulfone groups is 1. The quantitative estimate of drug-likeness (QED) is 0.344. The Bertz CT molecular complexity index is 1520. The largest absolute Gasteiger partial charge is 0.447 e. The van der Waals surface area contributed by atoms with Crippen LogP contribution in [-0.4, -0.2) is 45.7 Å². The smallest absolute Gasteiger partial charge is 0.411 e. The minimum atomic E-state index is -3.55. The van der Waals surface area contributed by atoms with E-state index in [1.807, 2.05) is 12.1 Å². The molecule has 0 aliphatic heterocycles. The lowest BCUT2D eigenvalue weighted by molar-refractivity contribution is 0.130. The number of nitrogen functional groups attached to an aromatic ring is 1. The number of carbonyl (C=O) groups is 1. The third kappa shape index (κ3) is 5.04. The first-order chi connectivity index (χ1) is 17.7. The van der Waals surface area contributed by atoms with E-state index in [-0.39, 0.29) is 29.3 Å². The number of aromatic nitrogens is 4. The van der Waals surface area contributed by atoms with Gasteiger partial charge in [0, 0.05) is 22.7 Å². The predicted octanol–water partition coefficient (Wildman–Crippen LogP) is 4.64. The van der Waals surface area contributed by atoms with Gasteiger partial charge < -0.3 is 15.0 Å². The SMILES string of the molecule is CC(C)OC(=O)Nc1ccc(-c2c(N)c3ccc(S(=O)(=O)CCn4cncn4)cc3n2C2CCC2)cc1. The van der Waals surface area contributed by atoms with Gasteiger partial charge in [0.2, 0.25) is 0 Å².